The number of nitrogens with zero attached hydrogens (tertiary/aromatic N) is 2. The Bertz CT molecular complexity index is 314. The number of methoxy groups -OCH3 is 2. The molecule has 116 valence electrons. The summed E-state index contributed by atoms with van der Waals surface area (Å²) >= 11 is 0. The molecule has 6 heteroatoms. The lowest BCUT2D eigenvalue weighted by atomic mass is 10.1. The van der Waals surface area contributed by atoms with Gasteiger partial charge in [0.15, 0.2) is 0 Å². The summed E-state index contributed by atoms with van der Waals surface area (Å²) in [5, 5.41) is 0. The third-order valence-electron chi connectivity index (χ3n) is 3.56. The zero-order valence-electron chi connectivity index (χ0n) is 12.8. The van der Waals surface area contributed by atoms with Gasteiger partial charge in [-0.2, -0.15) is 0 Å². The van der Waals surface area contributed by atoms with E-state index in [9.17, 15) is 9.59 Å². The molecule has 0 aromatic carbocycles. The Labute approximate surface area is 121 Å². The summed E-state index contributed by atoms with van der Waals surface area (Å²) in [6.45, 7) is 6.45. The van der Waals surface area contributed by atoms with Crippen molar-refractivity contribution in [3.63, 3.8) is 0 Å². The topological polar surface area (TPSA) is 59.1 Å². The number of piperazine rings is 1. The lowest BCUT2D eigenvalue weighted by Gasteiger charge is -2.35. The van der Waals surface area contributed by atoms with Gasteiger partial charge in [0.05, 0.1) is 13.5 Å². The fraction of sp³-hybridized carbons (Fsp3) is 0.857. The van der Waals surface area contributed by atoms with Gasteiger partial charge in [-0.3, -0.25) is 14.5 Å². The molecule has 0 saturated carbocycles. The van der Waals surface area contributed by atoms with Crippen LogP contribution in [0.15, 0.2) is 0 Å². The van der Waals surface area contributed by atoms with Crippen LogP contribution in [-0.2, 0) is 19.1 Å². The van der Waals surface area contributed by atoms with E-state index in [0.29, 0.717) is 26.0 Å². The first-order valence-electron chi connectivity index (χ1n) is 7.12. The van der Waals surface area contributed by atoms with E-state index >= 15 is 0 Å². The molecule has 1 rings (SSSR count). The van der Waals surface area contributed by atoms with E-state index in [1.807, 2.05) is 11.8 Å². The molecule has 0 aromatic heterocycles. The zero-order chi connectivity index (χ0) is 15.0. The van der Waals surface area contributed by atoms with Crippen LogP contribution in [0.5, 0.6) is 0 Å². The number of esters is 1. The normalized spacial score (nSPS) is 17.9. The number of hydrogen-bond acceptors (Lipinski definition) is 5. The Hall–Kier alpha value is -1.14. The molecule has 6 nitrogen and oxygen atoms in total. The van der Waals surface area contributed by atoms with Gasteiger partial charge >= 0.3 is 5.97 Å². The summed E-state index contributed by atoms with van der Waals surface area (Å²) in [6, 6.07) is 0. The molecule has 1 aliphatic heterocycles. The molecule has 0 N–H and O–H groups in total. The first-order chi connectivity index (χ1) is 9.56. The number of carbonyl (C=O) groups is 2. The maximum atomic E-state index is 12.1. The minimum absolute atomic E-state index is 0.183. The number of amides is 1. The van der Waals surface area contributed by atoms with E-state index < -0.39 is 0 Å². The molecule has 20 heavy (non-hydrogen) atoms. The maximum Gasteiger partial charge on any atom is 0.306 e. The minimum Gasteiger partial charge on any atom is -0.469 e. The standard InChI is InChI=1S/C14H26N2O4/c1-12(11-19-2)10-13(17)16-8-6-15(7-9-16)5-4-14(18)20-3/h12H,4-11H2,1-3H3. The molecule has 1 unspecified atom stereocenters. The smallest absolute Gasteiger partial charge is 0.306 e. The maximum absolute atomic E-state index is 12.1. The Balaban J connectivity index is 2.24. The van der Waals surface area contributed by atoms with Crippen molar-refractivity contribution in [3.8, 4) is 0 Å². The van der Waals surface area contributed by atoms with E-state index in [-0.39, 0.29) is 17.8 Å². The lowest BCUT2D eigenvalue weighted by molar-refractivity contribution is -0.141. The number of carbonyl (C=O) groups excluding carboxylic acids is 2. The minimum atomic E-state index is -0.183. The van der Waals surface area contributed by atoms with Crippen LogP contribution in [0, 0.1) is 5.92 Å². The molecular weight excluding hydrogens is 260 g/mol. The van der Waals surface area contributed by atoms with Crippen LogP contribution in [0.3, 0.4) is 0 Å². The van der Waals surface area contributed by atoms with Gasteiger partial charge in [0.25, 0.3) is 0 Å². The molecule has 1 saturated heterocycles. The van der Waals surface area contributed by atoms with Crippen molar-refractivity contribution in [1.82, 2.24) is 9.80 Å². The second-order valence-electron chi connectivity index (χ2n) is 5.31. The van der Waals surface area contributed by atoms with Crippen LogP contribution < -0.4 is 0 Å². The second kappa shape index (κ2) is 8.92. The molecule has 1 aliphatic rings. The highest BCUT2D eigenvalue weighted by atomic mass is 16.5. The molecule has 1 heterocycles. The van der Waals surface area contributed by atoms with Crippen LogP contribution in [0.1, 0.15) is 19.8 Å². The first-order valence-corrected chi connectivity index (χ1v) is 7.12. The van der Waals surface area contributed by atoms with Crippen molar-refractivity contribution >= 4 is 11.9 Å². The molecule has 0 aliphatic carbocycles. The summed E-state index contributed by atoms with van der Waals surface area (Å²) < 4.78 is 9.68. The quantitative estimate of drug-likeness (QED) is 0.633. The molecule has 1 atom stereocenters. The largest absolute Gasteiger partial charge is 0.469 e. The Kier molecular flexibility index (Phi) is 7.54. The predicted molar refractivity (Wildman–Crippen MR) is 75.3 cm³/mol. The molecule has 0 radical (unpaired) electrons. The average molecular weight is 286 g/mol. The summed E-state index contributed by atoms with van der Waals surface area (Å²) in [5.41, 5.74) is 0. The molecule has 1 amide bonds. The summed E-state index contributed by atoms with van der Waals surface area (Å²) in [7, 11) is 3.06. The van der Waals surface area contributed by atoms with Crippen LogP contribution in [0.4, 0.5) is 0 Å². The second-order valence-corrected chi connectivity index (χ2v) is 5.31. The van der Waals surface area contributed by atoms with Gasteiger partial charge in [0, 0.05) is 52.9 Å². The molecule has 0 aromatic rings. The van der Waals surface area contributed by atoms with Crippen molar-refractivity contribution in [2.75, 3.05) is 53.6 Å². The summed E-state index contributed by atoms with van der Waals surface area (Å²) in [4.78, 5) is 27.3. The third kappa shape index (κ3) is 5.88. The van der Waals surface area contributed by atoms with Crippen molar-refractivity contribution in [2.24, 2.45) is 5.92 Å². The lowest BCUT2D eigenvalue weighted by Crippen LogP contribution is -2.49. The number of hydrogen-bond donors (Lipinski definition) is 0. The van der Waals surface area contributed by atoms with Gasteiger partial charge in [-0.05, 0) is 5.92 Å². The van der Waals surface area contributed by atoms with Gasteiger partial charge in [-0.15, -0.1) is 0 Å². The first kappa shape index (κ1) is 16.9. The van der Waals surface area contributed by atoms with Gasteiger partial charge < -0.3 is 14.4 Å². The van der Waals surface area contributed by atoms with E-state index in [1.165, 1.54) is 7.11 Å². The van der Waals surface area contributed by atoms with Gasteiger partial charge in [0.2, 0.25) is 5.91 Å². The van der Waals surface area contributed by atoms with Gasteiger partial charge in [0.1, 0.15) is 0 Å². The van der Waals surface area contributed by atoms with Crippen LogP contribution in [0.2, 0.25) is 0 Å². The molecular formula is C14H26N2O4. The van der Waals surface area contributed by atoms with Crippen molar-refractivity contribution < 1.29 is 19.1 Å². The van der Waals surface area contributed by atoms with Crippen molar-refractivity contribution in [3.05, 3.63) is 0 Å². The van der Waals surface area contributed by atoms with Gasteiger partial charge in [-0.1, -0.05) is 6.92 Å². The zero-order valence-corrected chi connectivity index (χ0v) is 12.8. The fourth-order valence-electron chi connectivity index (χ4n) is 2.34. The average Bonchev–Trinajstić information content (AvgIpc) is 2.45. The van der Waals surface area contributed by atoms with Crippen LogP contribution in [0.25, 0.3) is 0 Å². The highest BCUT2D eigenvalue weighted by Gasteiger charge is 2.22. The summed E-state index contributed by atoms with van der Waals surface area (Å²) in [5.74, 6) is 0.268. The van der Waals surface area contributed by atoms with Crippen molar-refractivity contribution in [1.29, 1.82) is 0 Å². The van der Waals surface area contributed by atoms with Crippen LogP contribution >= 0.6 is 0 Å². The van der Waals surface area contributed by atoms with E-state index in [0.717, 1.165) is 26.2 Å². The predicted octanol–water partition coefficient (Wildman–Crippen LogP) is 0.366. The Morgan fingerprint density at radius 2 is 1.80 bits per heavy atom. The summed E-state index contributed by atoms with van der Waals surface area (Å²) in [6.07, 6.45) is 0.950. The van der Waals surface area contributed by atoms with E-state index in [4.69, 9.17) is 4.74 Å². The van der Waals surface area contributed by atoms with Crippen LogP contribution in [-0.4, -0.2) is 75.2 Å². The van der Waals surface area contributed by atoms with E-state index in [2.05, 4.69) is 9.64 Å². The van der Waals surface area contributed by atoms with Crippen molar-refractivity contribution in [2.45, 2.75) is 19.8 Å². The van der Waals surface area contributed by atoms with E-state index in [1.54, 1.807) is 7.11 Å². The SMILES string of the molecule is COCC(C)CC(=O)N1CCN(CCC(=O)OC)CC1. The highest BCUT2D eigenvalue weighted by Crippen LogP contribution is 2.09. The Morgan fingerprint density at radius 3 is 2.35 bits per heavy atom. The molecule has 1 fully saturated rings. The Morgan fingerprint density at radius 1 is 1.15 bits per heavy atom. The monoisotopic (exact) mass is 286 g/mol. The molecule has 0 spiro atoms. The number of rotatable bonds is 7. The molecule has 0 bridgehead atoms. The highest BCUT2D eigenvalue weighted by molar-refractivity contribution is 5.76. The van der Waals surface area contributed by atoms with Gasteiger partial charge in [-0.25, -0.2) is 0 Å². The fourth-order valence-corrected chi connectivity index (χ4v) is 2.34. The third-order valence-corrected chi connectivity index (χ3v) is 3.56. The number of ether oxygens (including phenoxy) is 2.